The van der Waals surface area contributed by atoms with Gasteiger partial charge in [0.15, 0.2) is 0 Å². The van der Waals surface area contributed by atoms with Crippen LogP contribution in [0.1, 0.15) is 6.92 Å². The Hall–Kier alpha value is -0.750. The van der Waals surface area contributed by atoms with Gasteiger partial charge in [0.25, 0.3) is 0 Å². The number of amides is 1. The fourth-order valence-corrected chi connectivity index (χ4v) is 0.728. The summed E-state index contributed by atoms with van der Waals surface area (Å²) >= 11 is 3.76. The van der Waals surface area contributed by atoms with Crippen LogP contribution >= 0.6 is 12.6 Å². The predicted molar refractivity (Wildman–Crippen MR) is 40.2 cm³/mol. The van der Waals surface area contributed by atoms with E-state index in [4.69, 9.17) is 5.26 Å². The molecule has 0 heterocycles. The summed E-state index contributed by atoms with van der Waals surface area (Å²) < 4.78 is 0. The van der Waals surface area contributed by atoms with E-state index in [9.17, 15) is 9.59 Å². The van der Waals surface area contributed by atoms with Crippen molar-refractivity contribution in [3.05, 3.63) is 0 Å². The second-order valence-corrected chi connectivity index (χ2v) is 2.21. The quantitative estimate of drug-likeness (QED) is 0.308. The molecule has 64 valence electrons. The van der Waals surface area contributed by atoms with Crippen molar-refractivity contribution in [2.75, 3.05) is 5.75 Å². The van der Waals surface area contributed by atoms with Crippen molar-refractivity contribution in [1.29, 1.82) is 0 Å². The summed E-state index contributed by atoms with van der Waals surface area (Å²) in [6, 6.07) is -0.888. The molecule has 0 aliphatic carbocycles. The van der Waals surface area contributed by atoms with Gasteiger partial charge in [-0.1, -0.05) is 0 Å². The van der Waals surface area contributed by atoms with Crippen LogP contribution in [0.2, 0.25) is 0 Å². The zero-order valence-electron chi connectivity index (χ0n) is 5.90. The van der Waals surface area contributed by atoms with Crippen molar-refractivity contribution in [1.82, 2.24) is 5.32 Å². The summed E-state index contributed by atoms with van der Waals surface area (Å²) in [5.74, 6) is -1.22. The maximum absolute atomic E-state index is 10.5. The molecule has 0 aromatic heterocycles. The molecule has 0 spiro atoms. The van der Waals surface area contributed by atoms with Gasteiger partial charge in [0, 0.05) is 12.7 Å². The molecule has 6 heteroatoms. The van der Waals surface area contributed by atoms with Crippen molar-refractivity contribution in [2.45, 2.75) is 13.0 Å². The molecule has 0 aromatic carbocycles. The van der Waals surface area contributed by atoms with E-state index in [0.29, 0.717) is 0 Å². The van der Waals surface area contributed by atoms with Crippen LogP contribution in [0.15, 0.2) is 0 Å². The molecular formula is C5H9NO4S. The Morgan fingerprint density at radius 2 is 2.27 bits per heavy atom. The Kier molecular flexibility index (Phi) is 4.64. The molecule has 2 N–H and O–H groups in total. The lowest BCUT2D eigenvalue weighted by Crippen LogP contribution is -2.41. The van der Waals surface area contributed by atoms with Crippen molar-refractivity contribution in [3.8, 4) is 0 Å². The smallest absolute Gasteiger partial charge is 0.342 e. The molecular weight excluding hydrogens is 170 g/mol. The molecule has 0 radical (unpaired) electrons. The molecule has 0 fully saturated rings. The molecule has 1 unspecified atom stereocenters. The highest BCUT2D eigenvalue weighted by molar-refractivity contribution is 7.80. The molecule has 0 saturated heterocycles. The molecule has 1 atom stereocenters. The van der Waals surface area contributed by atoms with Crippen molar-refractivity contribution in [3.63, 3.8) is 0 Å². The van der Waals surface area contributed by atoms with E-state index in [-0.39, 0.29) is 11.7 Å². The Balaban J connectivity index is 3.94. The number of thiol groups is 1. The molecule has 0 aliphatic heterocycles. The van der Waals surface area contributed by atoms with Gasteiger partial charge in [0.2, 0.25) is 5.91 Å². The number of carbonyl (C=O) groups excluding carboxylic acids is 2. The van der Waals surface area contributed by atoms with Crippen LogP contribution < -0.4 is 5.32 Å². The van der Waals surface area contributed by atoms with E-state index in [0.717, 1.165) is 0 Å². The first-order valence-electron chi connectivity index (χ1n) is 2.85. The second-order valence-electron chi connectivity index (χ2n) is 1.85. The third-order valence-corrected chi connectivity index (χ3v) is 1.30. The minimum atomic E-state index is -0.921. The normalized spacial score (nSPS) is 11.9. The van der Waals surface area contributed by atoms with E-state index < -0.39 is 12.0 Å². The van der Waals surface area contributed by atoms with Crippen LogP contribution in [0.5, 0.6) is 0 Å². The van der Waals surface area contributed by atoms with Gasteiger partial charge >= 0.3 is 5.97 Å². The van der Waals surface area contributed by atoms with E-state index in [1.54, 1.807) is 0 Å². The highest BCUT2D eigenvalue weighted by Crippen LogP contribution is 1.90. The molecule has 5 nitrogen and oxygen atoms in total. The zero-order chi connectivity index (χ0) is 8.85. The maximum Gasteiger partial charge on any atom is 0.364 e. The van der Waals surface area contributed by atoms with E-state index in [1.807, 2.05) is 0 Å². The van der Waals surface area contributed by atoms with Gasteiger partial charge in [-0.2, -0.15) is 17.9 Å². The first-order valence-corrected chi connectivity index (χ1v) is 3.48. The monoisotopic (exact) mass is 179 g/mol. The van der Waals surface area contributed by atoms with Gasteiger partial charge in [-0.15, -0.1) is 0 Å². The molecule has 0 aromatic rings. The van der Waals surface area contributed by atoms with E-state index >= 15 is 0 Å². The topological polar surface area (TPSA) is 75.6 Å². The summed E-state index contributed by atoms with van der Waals surface area (Å²) in [6.07, 6.45) is 0. The van der Waals surface area contributed by atoms with Crippen molar-refractivity contribution < 1.29 is 19.7 Å². The van der Waals surface area contributed by atoms with Crippen LogP contribution in [0, 0.1) is 0 Å². The van der Waals surface area contributed by atoms with Crippen LogP contribution in [0.3, 0.4) is 0 Å². The lowest BCUT2D eigenvalue weighted by Gasteiger charge is -2.10. The van der Waals surface area contributed by atoms with Crippen LogP contribution in [-0.2, 0) is 14.5 Å². The Morgan fingerprint density at radius 3 is 2.55 bits per heavy atom. The van der Waals surface area contributed by atoms with E-state index in [1.165, 1.54) is 6.92 Å². The van der Waals surface area contributed by atoms with Gasteiger partial charge in [-0.05, 0) is 0 Å². The van der Waals surface area contributed by atoms with Gasteiger partial charge in [-0.3, -0.25) is 9.68 Å². The predicted octanol–water partition coefficient (Wildman–Crippen LogP) is -0.563. The average molecular weight is 179 g/mol. The lowest BCUT2D eigenvalue weighted by molar-refractivity contribution is -0.236. The second kappa shape index (κ2) is 4.97. The van der Waals surface area contributed by atoms with Gasteiger partial charge in [0.05, 0.1) is 0 Å². The Labute approximate surface area is 69.1 Å². The van der Waals surface area contributed by atoms with Gasteiger partial charge in [0.1, 0.15) is 6.04 Å². The Morgan fingerprint density at radius 1 is 1.73 bits per heavy atom. The average Bonchev–Trinajstić information content (AvgIpc) is 1.98. The first-order chi connectivity index (χ1) is 5.11. The highest BCUT2D eigenvalue weighted by atomic mass is 32.1. The summed E-state index contributed by atoms with van der Waals surface area (Å²) in [5.41, 5.74) is 0. The van der Waals surface area contributed by atoms with Crippen molar-refractivity contribution in [2.24, 2.45) is 0 Å². The molecule has 11 heavy (non-hydrogen) atoms. The SMILES string of the molecule is CC(=O)NC(CS)C(=O)OO. The first kappa shape index (κ1) is 10.2. The standard InChI is InChI=1S/C5H9NO4S/c1-3(7)6-4(2-11)5(8)10-9/h4,9,11H,2H2,1H3,(H,6,7). The number of hydrogen-bond acceptors (Lipinski definition) is 5. The summed E-state index contributed by atoms with van der Waals surface area (Å²) in [7, 11) is 0. The number of hydrogen-bond donors (Lipinski definition) is 3. The van der Waals surface area contributed by atoms with Gasteiger partial charge < -0.3 is 5.32 Å². The fraction of sp³-hybridized carbons (Fsp3) is 0.600. The molecule has 1 amide bonds. The molecule has 0 rings (SSSR count). The zero-order valence-corrected chi connectivity index (χ0v) is 6.80. The number of nitrogens with one attached hydrogen (secondary N) is 1. The summed E-state index contributed by atoms with van der Waals surface area (Å²) in [5, 5.41) is 10.1. The Bertz CT molecular complexity index is 161. The minimum Gasteiger partial charge on any atom is -0.342 e. The number of rotatable bonds is 3. The lowest BCUT2D eigenvalue weighted by atomic mass is 10.3. The maximum atomic E-state index is 10.5. The van der Waals surface area contributed by atoms with Crippen LogP contribution in [-0.4, -0.2) is 28.9 Å². The molecule has 0 aliphatic rings. The summed E-state index contributed by atoms with van der Waals surface area (Å²) in [6.45, 7) is 1.25. The van der Waals surface area contributed by atoms with E-state index in [2.05, 4.69) is 22.8 Å². The molecule has 0 saturated carbocycles. The minimum absolute atomic E-state index is 0.0823. The third kappa shape index (κ3) is 3.84. The van der Waals surface area contributed by atoms with Crippen molar-refractivity contribution >= 4 is 24.5 Å². The highest BCUT2D eigenvalue weighted by Gasteiger charge is 2.18. The fourth-order valence-electron chi connectivity index (χ4n) is 0.488. The third-order valence-electron chi connectivity index (χ3n) is 0.935. The molecule has 0 bridgehead atoms. The van der Waals surface area contributed by atoms with Crippen LogP contribution in [0.4, 0.5) is 0 Å². The van der Waals surface area contributed by atoms with Crippen LogP contribution in [0.25, 0.3) is 0 Å². The van der Waals surface area contributed by atoms with Gasteiger partial charge in [-0.25, -0.2) is 4.79 Å². The largest absolute Gasteiger partial charge is 0.364 e. The number of carbonyl (C=O) groups is 2. The summed E-state index contributed by atoms with van der Waals surface area (Å²) in [4.78, 5) is 24.3.